The number of benzene rings is 8. The number of hydrogen-bond donors (Lipinski definition) is 0. The maximum absolute atomic E-state index is 6.73. The number of hydrogen-bond acceptors (Lipinski definition) is 3. The summed E-state index contributed by atoms with van der Waals surface area (Å²) in [5.41, 5.74) is 11.0. The first kappa shape index (κ1) is 27.5. The van der Waals surface area contributed by atoms with E-state index in [0.29, 0.717) is 0 Å². The first-order valence-electron chi connectivity index (χ1n) is 16.6. The van der Waals surface area contributed by atoms with E-state index in [1.54, 1.807) is 0 Å². The van der Waals surface area contributed by atoms with Gasteiger partial charge in [0.15, 0.2) is 5.58 Å². The molecule has 0 atom stereocenters. The molecule has 0 spiro atoms. The molecular weight excluding hydrogens is 599 g/mol. The van der Waals surface area contributed by atoms with Crippen molar-refractivity contribution in [3.05, 3.63) is 176 Å². The summed E-state index contributed by atoms with van der Waals surface area (Å²) < 4.78 is 13.4. The van der Waals surface area contributed by atoms with Crippen LogP contribution in [0.2, 0.25) is 0 Å². The highest BCUT2D eigenvalue weighted by atomic mass is 16.3. The Labute approximate surface area is 282 Å². The summed E-state index contributed by atoms with van der Waals surface area (Å²) in [6.07, 6.45) is 0. The van der Waals surface area contributed by atoms with Crippen molar-refractivity contribution < 1.29 is 8.83 Å². The lowest BCUT2D eigenvalue weighted by molar-refractivity contribution is 0.669. The van der Waals surface area contributed by atoms with E-state index in [9.17, 15) is 0 Å². The third kappa shape index (κ3) is 4.44. The maximum atomic E-state index is 6.73. The van der Waals surface area contributed by atoms with Gasteiger partial charge in [-0.2, -0.15) is 0 Å². The van der Waals surface area contributed by atoms with Crippen LogP contribution >= 0.6 is 0 Å². The fraction of sp³-hybridized carbons (Fsp3) is 0. The van der Waals surface area contributed by atoms with Gasteiger partial charge in [-0.25, -0.2) is 0 Å². The third-order valence-corrected chi connectivity index (χ3v) is 9.66. The van der Waals surface area contributed by atoms with Crippen LogP contribution in [0.25, 0.3) is 76.9 Å². The summed E-state index contributed by atoms with van der Waals surface area (Å²) in [5.74, 6) is 0. The van der Waals surface area contributed by atoms with Gasteiger partial charge in [0.2, 0.25) is 0 Å². The van der Waals surface area contributed by atoms with Crippen LogP contribution in [0.1, 0.15) is 0 Å². The van der Waals surface area contributed by atoms with Crippen LogP contribution in [0.3, 0.4) is 0 Å². The fourth-order valence-electron chi connectivity index (χ4n) is 7.34. The van der Waals surface area contributed by atoms with E-state index in [1.807, 2.05) is 12.1 Å². The van der Waals surface area contributed by atoms with Crippen molar-refractivity contribution in [2.24, 2.45) is 0 Å². The molecule has 3 nitrogen and oxygen atoms in total. The SMILES string of the molecule is c1ccc(-c2ccc(N(c3ccccc3-c3cccc4c3oc3cc5ccccc5cc34)c3cccc4c3oc3ccccc34)cc2)cc1. The van der Waals surface area contributed by atoms with Gasteiger partial charge in [-0.1, -0.05) is 133 Å². The van der Waals surface area contributed by atoms with Gasteiger partial charge < -0.3 is 13.7 Å². The number of furan rings is 2. The lowest BCUT2D eigenvalue weighted by Gasteiger charge is -2.28. The quantitative estimate of drug-likeness (QED) is 0.190. The summed E-state index contributed by atoms with van der Waals surface area (Å²) in [5, 5.41) is 6.78. The molecule has 8 aromatic carbocycles. The van der Waals surface area contributed by atoms with Gasteiger partial charge in [-0.15, -0.1) is 0 Å². The molecule has 0 saturated heterocycles. The van der Waals surface area contributed by atoms with Gasteiger partial charge in [0.1, 0.15) is 16.7 Å². The van der Waals surface area contributed by atoms with Gasteiger partial charge in [0, 0.05) is 38.4 Å². The Kier molecular flexibility index (Phi) is 6.18. The van der Waals surface area contributed by atoms with Crippen LogP contribution < -0.4 is 4.90 Å². The van der Waals surface area contributed by atoms with Gasteiger partial charge in [-0.3, -0.25) is 0 Å². The molecule has 0 radical (unpaired) electrons. The average Bonchev–Trinajstić information content (AvgIpc) is 3.73. The van der Waals surface area contributed by atoms with E-state index in [-0.39, 0.29) is 0 Å². The number of anilines is 3. The van der Waals surface area contributed by atoms with E-state index < -0.39 is 0 Å². The summed E-state index contributed by atoms with van der Waals surface area (Å²) in [4.78, 5) is 2.32. The Morgan fingerprint density at radius 2 is 0.939 bits per heavy atom. The van der Waals surface area contributed by atoms with Crippen LogP contribution in [-0.2, 0) is 0 Å². The predicted octanol–water partition coefficient (Wildman–Crippen LogP) is 13.4. The summed E-state index contributed by atoms with van der Waals surface area (Å²) in [6.45, 7) is 0. The first-order chi connectivity index (χ1) is 24.3. The number of fused-ring (bicyclic) bond motifs is 7. The standard InChI is InChI=1S/C46H29NO2/c1-2-12-30(13-3-1)31-24-26-34(27-25-31)47(42-22-11-20-38-36-17-7-9-23-43(36)48-46(38)42)41-21-8-6-16-35(41)37-18-10-19-39-40-28-32-14-4-5-15-33(32)29-44(40)49-45(37)39/h1-29H. The second-order valence-corrected chi connectivity index (χ2v) is 12.5. The first-order valence-corrected chi connectivity index (χ1v) is 16.6. The highest BCUT2D eigenvalue weighted by Crippen LogP contribution is 2.47. The van der Waals surface area contributed by atoms with Gasteiger partial charge in [-0.05, 0) is 64.4 Å². The molecule has 0 unspecified atom stereocenters. The minimum atomic E-state index is 0.847. The van der Waals surface area contributed by atoms with Crippen LogP contribution in [0.15, 0.2) is 185 Å². The highest BCUT2D eigenvalue weighted by Gasteiger charge is 2.23. The monoisotopic (exact) mass is 627 g/mol. The lowest BCUT2D eigenvalue weighted by atomic mass is 9.98. The highest BCUT2D eigenvalue weighted by molar-refractivity contribution is 6.15. The largest absolute Gasteiger partial charge is 0.455 e. The van der Waals surface area contributed by atoms with Crippen molar-refractivity contribution in [1.82, 2.24) is 0 Å². The van der Waals surface area contributed by atoms with Gasteiger partial charge in [0.05, 0.1) is 11.4 Å². The normalized spacial score (nSPS) is 11.7. The Balaban J connectivity index is 1.22. The number of para-hydroxylation sites is 4. The molecule has 0 bridgehead atoms. The topological polar surface area (TPSA) is 29.5 Å². The lowest BCUT2D eigenvalue weighted by Crippen LogP contribution is -2.11. The van der Waals surface area contributed by atoms with E-state index in [2.05, 4.69) is 169 Å². The second kappa shape index (κ2) is 11.0. The molecule has 2 aromatic heterocycles. The Morgan fingerprint density at radius 3 is 1.80 bits per heavy atom. The summed E-state index contributed by atoms with van der Waals surface area (Å²) >= 11 is 0. The summed E-state index contributed by atoms with van der Waals surface area (Å²) in [7, 11) is 0. The molecule has 0 amide bonds. The zero-order valence-corrected chi connectivity index (χ0v) is 26.5. The molecule has 0 aliphatic heterocycles. The van der Waals surface area contributed by atoms with Crippen molar-refractivity contribution in [2.75, 3.05) is 4.90 Å². The van der Waals surface area contributed by atoms with E-state index in [0.717, 1.165) is 72.1 Å². The molecular formula is C46H29NO2. The minimum absolute atomic E-state index is 0.847. The smallest absolute Gasteiger partial charge is 0.159 e. The third-order valence-electron chi connectivity index (χ3n) is 9.66. The molecule has 0 aliphatic carbocycles. The molecule has 10 rings (SSSR count). The minimum Gasteiger partial charge on any atom is -0.455 e. The average molecular weight is 628 g/mol. The van der Waals surface area contributed by atoms with Crippen molar-refractivity contribution >= 4 is 71.7 Å². The number of rotatable bonds is 5. The van der Waals surface area contributed by atoms with E-state index in [4.69, 9.17) is 8.83 Å². The molecule has 230 valence electrons. The van der Waals surface area contributed by atoms with Crippen molar-refractivity contribution in [3.8, 4) is 22.3 Å². The molecule has 0 N–H and O–H groups in total. The molecule has 0 fully saturated rings. The molecule has 0 saturated carbocycles. The Morgan fingerprint density at radius 1 is 0.347 bits per heavy atom. The van der Waals surface area contributed by atoms with Crippen LogP contribution in [0.4, 0.5) is 17.1 Å². The molecule has 0 aliphatic rings. The maximum Gasteiger partial charge on any atom is 0.159 e. The van der Waals surface area contributed by atoms with Crippen molar-refractivity contribution in [1.29, 1.82) is 0 Å². The molecule has 10 aromatic rings. The zero-order valence-electron chi connectivity index (χ0n) is 26.5. The van der Waals surface area contributed by atoms with Crippen LogP contribution in [0.5, 0.6) is 0 Å². The van der Waals surface area contributed by atoms with Crippen LogP contribution in [-0.4, -0.2) is 0 Å². The number of nitrogens with zero attached hydrogens (tertiary/aromatic N) is 1. The Hall–Kier alpha value is -6.58. The van der Waals surface area contributed by atoms with Crippen molar-refractivity contribution in [3.63, 3.8) is 0 Å². The van der Waals surface area contributed by atoms with E-state index in [1.165, 1.54) is 21.9 Å². The van der Waals surface area contributed by atoms with Gasteiger partial charge >= 0.3 is 0 Å². The summed E-state index contributed by atoms with van der Waals surface area (Å²) in [6, 6.07) is 61.9. The molecule has 2 heterocycles. The fourth-order valence-corrected chi connectivity index (χ4v) is 7.34. The zero-order chi connectivity index (χ0) is 32.3. The van der Waals surface area contributed by atoms with E-state index >= 15 is 0 Å². The molecule has 3 heteroatoms. The van der Waals surface area contributed by atoms with Gasteiger partial charge in [0.25, 0.3) is 0 Å². The second-order valence-electron chi connectivity index (χ2n) is 12.5. The molecule has 49 heavy (non-hydrogen) atoms. The van der Waals surface area contributed by atoms with Crippen molar-refractivity contribution in [2.45, 2.75) is 0 Å². The van der Waals surface area contributed by atoms with Crippen LogP contribution in [0, 0.1) is 0 Å². The Bertz CT molecular complexity index is 2830. The predicted molar refractivity (Wildman–Crippen MR) is 204 cm³/mol.